The molecule has 0 bridgehead atoms. The minimum Gasteiger partial charge on any atom is -0.365 e. The van der Waals surface area contributed by atoms with Crippen LogP contribution < -0.4 is 0 Å². The molecule has 0 saturated carbocycles. The van der Waals surface area contributed by atoms with E-state index in [2.05, 4.69) is 22.4 Å². The summed E-state index contributed by atoms with van der Waals surface area (Å²) in [5.74, 6) is 0.384. The maximum atomic E-state index is 5.83. The summed E-state index contributed by atoms with van der Waals surface area (Å²) >= 11 is 5.79. The number of alkyl halides is 1. The van der Waals surface area contributed by atoms with Crippen molar-refractivity contribution in [1.29, 1.82) is 0 Å². The van der Waals surface area contributed by atoms with E-state index in [9.17, 15) is 0 Å². The monoisotopic (exact) mass is 249 g/mol. The number of benzene rings is 1. The van der Waals surface area contributed by atoms with E-state index < -0.39 is 0 Å². The van der Waals surface area contributed by atoms with Gasteiger partial charge in [0, 0.05) is 0 Å². The number of hydrogen-bond acceptors (Lipinski definition) is 3. The second-order valence-corrected chi connectivity index (χ2v) is 4.28. The first kappa shape index (κ1) is 10.7. The average Bonchev–Trinajstić information content (AvgIpc) is 2.81. The van der Waals surface area contributed by atoms with E-state index >= 15 is 0 Å². The standard InChI is InChI=1S/C12H12ClN3O/c13-6-10-11-8-17-12(7-16(11)15-14-10)9-4-2-1-3-5-9/h1-5,12H,6-8H2/t12-/m0/s1. The Morgan fingerprint density at radius 2 is 2.18 bits per heavy atom. The van der Waals surface area contributed by atoms with Crippen LogP contribution in [0.4, 0.5) is 0 Å². The van der Waals surface area contributed by atoms with Crippen LogP contribution in [0.15, 0.2) is 30.3 Å². The molecule has 0 saturated heterocycles. The van der Waals surface area contributed by atoms with Gasteiger partial charge in [-0.25, -0.2) is 4.68 Å². The molecule has 17 heavy (non-hydrogen) atoms. The van der Waals surface area contributed by atoms with Gasteiger partial charge in [0.15, 0.2) is 0 Å². The second kappa shape index (κ2) is 4.47. The normalized spacial score (nSPS) is 19.0. The number of ether oxygens (including phenoxy) is 1. The lowest BCUT2D eigenvalue weighted by molar-refractivity contribution is -0.00170. The number of fused-ring (bicyclic) bond motifs is 1. The van der Waals surface area contributed by atoms with Crippen molar-refractivity contribution >= 4 is 11.6 Å². The number of rotatable bonds is 2. The van der Waals surface area contributed by atoms with Crippen LogP contribution in [0.1, 0.15) is 23.1 Å². The van der Waals surface area contributed by atoms with Gasteiger partial charge in [0.25, 0.3) is 0 Å². The molecule has 3 rings (SSSR count). The summed E-state index contributed by atoms with van der Waals surface area (Å²) < 4.78 is 7.72. The maximum Gasteiger partial charge on any atom is 0.103 e. The highest BCUT2D eigenvalue weighted by atomic mass is 35.5. The molecule has 4 nitrogen and oxygen atoms in total. The van der Waals surface area contributed by atoms with Crippen LogP contribution in [-0.4, -0.2) is 15.0 Å². The van der Waals surface area contributed by atoms with Gasteiger partial charge in [-0.1, -0.05) is 35.5 Å². The Hall–Kier alpha value is -1.39. The third-order valence-corrected chi connectivity index (χ3v) is 3.23. The van der Waals surface area contributed by atoms with Crippen molar-refractivity contribution in [2.75, 3.05) is 0 Å². The molecule has 0 fully saturated rings. The van der Waals surface area contributed by atoms with Gasteiger partial charge in [0.2, 0.25) is 0 Å². The van der Waals surface area contributed by atoms with Crippen molar-refractivity contribution in [3.05, 3.63) is 47.3 Å². The first-order chi connectivity index (χ1) is 8.38. The Morgan fingerprint density at radius 3 is 2.94 bits per heavy atom. The van der Waals surface area contributed by atoms with E-state index in [0.29, 0.717) is 19.0 Å². The molecular weight excluding hydrogens is 238 g/mol. The van der Waals surface area contributed by atoms with E-state index in [0.717, 1.165) is 11.4 Å². The van der Waals surface area contributed by atoms with E-state index in [1.165, 1.54) is 5.56 Å². The molecule has 0 spiro atoms. The zero-order valence-corrected chi connectivity index (χ0v) is 9.97. The molecule has 1 aliphatic rings. The number of hydrogen-bond donors (Lipinski definition) is 0. The molecule has 1 atom stereocenters. The molecule has 0 unspecified atom stereocenters. The smallest absolute Gasteiger partial charge is 0.103 e. The Balaban J connectivity index is 1.86. The molecule has 5 heteroatoms. The van der Waals surface area contributed by atoms with Crippen LogP contribution in [0.3, 0.4) is 0 Å². The summed E-state index contributed by atoms with van der Waals surface area (Å²) in [5.41, 5.74) is 2.98. The number of nitrogens with zero attached hydrogens (tertiary/aromatic N) is 3. The van der Waals surface area contributed by atoms with Crippen LogP contribution in [0.25, 0.3) is 0 Å². The minimum atomic E-state index is 0.0496. The SMILES string of the molecule is ClCc1nnn2c1CO[C@H](c1ccccc1)C2. The Kier molecular flexibility index (Phi) is 2.82. The largest absolute Gasteiger partial charge is 0.365 e. The van der Waals surface area contributed by atoms with Gasteiger partial charge < -0.3 is 4.74 Å². The van der Waals surface area contributed by atoms with Crippen molar-refractivity contribution in [2.24, 2.45) is 0 Å². The maximum absolute atomic E-state index is 5.83. The van der Waals surface area contributed by atoms with Gasteiger partial charge >= 0.3 is 0 Å². The fourth-order valence-corrected chi connectivity index (χ4v) is 2.24. The van der Waals surface area contributed by atoms with Gasteiger partial charge in [-0.2, -0.15) is 0 Å². The highest BCUT2D eigenvalue weighted by molar-refractivity contribution is 6.16. The quantitative estimate of drug-likeness (QED) is 0.767. The van der Waals surface area contributed by atoms with Gasteiger partial charge in [-0.15, -0.1) is 16.7 Å². The van der Waals surface area contributed by atoms with Gasteiger partial charge in [-0.05, 0) is 5.56 Å². The van der Waals surface area contributed by atoms with Crippen molar-refractivity contribution in [3.8, 4) is 0 Å². The summed E-state index contributed by atoms with van der Waals surface area (Å²) in [4.78, 5) is 0. The lowest BCUT2D eigenvalue weighted by atomic mass is 10.1. The summed E-state index contributed by atoms with van der Waals surface area (Å²) in [6.45, 7) is 1.22. The fraction of sp³-hybridized carbons (Fsp3) is 0.333. The van der Waals surface area contributed by atoms with Crippen LogP contribution in [0, 0.1) is 0 Å². The van der Waals surface area contributed by atoms with Crippen LogP contribution in [-0.2, 0) is 23.8 Å². The minimum absolute atomic E-state index is 0.0496. The molecule has 0 aliphatic carbocycles. The van der Waals surface area contributed by atoms with Crippen LogP contribution >= 0.6 is 11.6 Å². The molecule has 0 amide bonds. The molecule has 0 N–H and O–H groups in total. The average molecular weight is 250 g/mol. The third-order valence-electron chi connectivity index (χ3n) is 2.98. The lowest BCUT2D eigenvalue weighted by Crippen LogP contribution is -2.22. The first-order valence-corrected chi connectivity index (χ1v) is 6.05. The van der Waals surface area contributed by atoms with Crippen molar-refractivity contribution in [2.45, 2.75) is 25.1 Å². The molecule has 2 heterocycles. The molecule has 88 valence electrons. The summed E-state index contributed by atoms with van der Waals surface area (Å²) in [6, 6.07) is 10.2. The van der Waals surface area contributed by atoms with E-state index in [1.807, 2.05) is 22.9 Å². The van der Waals surface area contributed by atoms with E-state index in [4.69, 9.17) is 16.3 Å². The molecule has 1 aliphatic heterocycles. The molecule has 2 aromatic rings. The topological polar surface area (TPSA) is 39.9 Å². The van der Waals surface area contributed by atoms with Gasteiger partial charge in [0.05, 0.1) is 24.7 Å². The van der Waals surface area contributed by atoms with Gasteiger partial charge in [0.1, 0.15) is 11.8 Å². The molecule has 1 aromatic heterocycles. The highest BCUT2D eigenvalue weighted by Gasteiger charge is 2.24. The van der Waals surface area contributed by atoms with Crippen molar-refractivity contribution < 1.29 is 4.74 Å². The molecular formula is C12H12ClN3O. The highest BCUT2D eigenvalue weighted by Crippen LogP contribution is 2.26. The summed E-state index contributed by atoms with van der Waals surface area (Å²) in [6.07, 6.45) is 0.0496. The van der Waals surface area contributed by atoms with Crippen LogP contribution in [0.5, 0.6) is 0 Å². The second-order valence-electron chi connectivity index (χ2n) is 4.01. The summed E-state index contributed by atoms with van der Waals surface area (Å²) in [7, 11) is 0. The van der Waals surface area contributed by atoms with Crippen molar-refractivity contribution in [3.63, 3.8) is 0 Å². The van der Waals surface area contributed by atoms with E-state index in [-0.39, 0.29) is 6.10 Å². The Morgan fingerprint density at radius 1 is 1.35 bits per heavy atom. The predicted molar refractivity (Wildman–Crippen MR) is 63.6 cm³/mol. The number of aromatic nitrogens is 3. The zero-order valence-electron chi connectivity index (χ0n) is 9.21. The third kappa shape index (κ3) is 1.94. The molecule has 1 aromatic carbocycles. The molecule has 0 radical (unpaired) electrons. The van der Waals surface area contributed by atoms with E-state index in [1.54, 1.807) is 0 Å². The van der Waals surface area contributed by atoms with Crippen molar-refractivity contribution in [1.82, 2.24) is 15.0 Å². The summed E-state index contributed by atoms with van der Waals surface area (Å²) in [5, 5.41) is 8.15. The fourth-order valence-electron chi connectivity index (χ4n) is 2.04. The first-order valence-electron chi connectivity index (χ1n) is 5.52. The Bertz CT molecular complexity index is 512. The lowest BCUT2D eigenvalue weighted by Gasteiger charge is -2.24. The zero-order chi connectivity index (χ0) is 11.7. The van der Waals surface area contributed by atoms with Gasteiger partial charge in [-0.3, -0.25) is 0 Å². The predicted octanol–water partition coefficient (Wildman–Crippen LogP) is 2.29. The number of halogens is 1. The Labute approximate surface area is 104 Å². The van der Waals surface area contributed by atoms with Crippen LogP contribution in [0.2, 0.25) is 0 Å².